The summed E-state index contributed by atoms with van der Waals surface area (Å²) in [6.45, 7) is 2.14. The lowest BCUT2D eigenvalue weighted by Crippen LogP contribution is -2.32. The molecule has 5 heteroatoms. The highest BCUT2D eigenvalue weighted by atomic mass is 16.4. The van der Waals surface area contributed by atoms with Crippen LogP contribution in [0.3, 0.4) is 0 Å². The Bertz CT molecular complexity index is 910. The van der Waals surface area contributed by atoms with Crippen molar-refractivity contribution in [3.63, 3.8) is 0 Å². The standard InChI is InChI=1S/C23H29N3O2/c1-2-20-19-9-8-17(23(15-24)12-10-16(11-13-23)22(27)28)14-21(19)26(25-20)18-6-4-3-5-7-18/h8-9,14,16,18H,2-7,10-13H2,1H3,(H,27,28)/t16-,23+. The lowest BCUT2D eigenvalue weighted by atomic mass is 9.67. The van der Waals surface area contributed by atoms with Crippen molar-refractivity contribution in [1.29, 1.82) is 5.26 Å². The number of benzene rings is 1. The quantitative estimate of drug-likeness (QED) is 0.798. The molecule has 1 aromatic carbocycles. The molecule has 0 spiro atoms. The molecule has 0 aliphatic heterocycles. The SMILES string of the molecule is CCc1nn(C2CCCCC2)c2cc([C@]3(C#N)CC[C@H](C(=O)O)CC3)ccc12. The van der Waals surface area contributed by atoms with Gasteiger partial charge < -0.3 is 5.11 Å². The number of hydrogen-bond acceptors (Lipinski definition) is 3. The number of carboxylic acids is 1. The van der Waals surface area contributed by atoms with Crippen LogP contribution in [0.4, 0.5) is 0 Å². The van der Waals surface area contributed by atoms with Crippen LogP contribution in [0.5, 0.6) is 0 Å². The highest BCUT2D eigenvalue weighted by Crippen LogP contribution is 2.43. The molecule has 1 heterocycles. The van der Waals surface area contributed by atoms with Crippen molar-refractivity contribution in [2.45, 2.75) is 82.6 Å². The Hall–Kier alpha value is -2.35. The third kappa shape index (κ3) is 3.19. The van der Waals surface area contributed by atoms with Gasteiger partial charge in [-0.3, -0.25) is 9.48 Å². The molecule has 1 N–H and O–H groups in total. The van der Waals surface area contributed by atoms with E-state index in [4.69, 9.17) is 5.10 Å². The zero-order chi connectivity index (χ0) is 19.7. The smallest absolute Gasteiger partial charge is 0.306 e. The molecular formula is C23H29N3O2. The maximum absolute atomic E-state index is 11.3. The number of nitriles is 1. The van der Waals surface area contributed by atoms with Crippen LogP contribution in [-0.4, -0.2) is 20.9 Å². The van der Waals surface area contributed by atoms with Crippen LogP contribution in [-0.2, 0) is 16.6 Å². The molecular weight excluding hydrogens is 350 g/mol. The van der Waals surface area contributed by atoms with Gasteiger partial charge in [0.1, 0.15) is 0 Å². The zero-order valence-corrected chi connectivity index (χ0v) is 16.7. The second kappa shape index (κ2) is 7.58. The normalized spacial score (nSPS) is 26.2. The first-order valence-corrected chi connectivity index (χ1v) is 10.7. The Kier molecular flexibility index (Phi) is 5.14. The third-order valence-corrected chi connectivity index (χ3v) is 6.99. The molecule has 0 bridgehead atoms. The fourth-order valence-electron chi connectivity index (χ4n) is 5.19. The minimum atomic E-state index is -0.732. The molecule has 0 radical (unpaired) electrons. The average molecular weight is 380 g/mol. The van der Waals surface area contributed by atoms with Crippen molar-refractivity contribution in [2.75, 3.05) is 0 Å². The van der Waals surface area contributed by atoms with Gasteiger partial charge in [0.05, 0.1) is 34.7 Å². The van der Waals surface area contributed by atoms with Gasteiger partial charge in [0.2, 0.25) is 0 Å². The predicted molar refractivity (Wildman–Crippen MR) is 108 cm³/mol. The maximum atomic E-state index is 11.3. The first-order chi connectivity index (χ1) is 13.6. The lowest BCUT2D eigenvalue weighted by Gasteiger charge is -2.34. The van der Waals surface area contributed by atoms with Crippen LogP contribution in [0.15, 0.2) is 18.2 Å². The van der Waals surface area contributed by atoms with E-state index in [1.54, 1.807) is 0 Å². The van der Waals surface area contributed by atoms with E-state index in [9.17, 15) is 15.2 Å². The molecule has 2 aliphatic carbocycles. The average Bonchev–Trinajstić information content (AvgIpc) is 3.12. The number of fused-ring (bicyclic) bond motifs is 1. The number of aromatic nitrogens is 2. The van der Waals surface area contributed by atoms with Crippen LogP contribution in [0.25, 0.3) is 10.9 Å². The number of hydrogen-bond donors (Lipinski definition) is 1. The van der Waals surface area contributed by atoms with Crippen LogP contribution in [0.2, 0.25) is 0 Å². The molecule has 0 saturated heterocycles. The molecule has 1 aromatic heterocycles. The minimum absolute atomic E-state index is 0.315. The summed E-state index contributed by atoms with van der Waals surface area (Å²) >= 11 is 0. The van der Waals surface area contributed by atoms with Gasteiger partial charge in [0.15, 0.2) is 0 Å². The van der Waals surface area contributed by atoms with Crippen LogP contribution >= 0.6 is 0 Å². The Morgan fingerprint density at radius 3 is 2.57 bits per heavy atom. The Labute approximate surface area is 166 Å². The van der Waals surface area contributed by atoms with Gasteiger partial charge in [-0.1, -0.05) is 38.3 Å². The number of rotatable bonds is 4. The van der Waals surface area contributed by atoms with Gasteiger partial charge in [-0.15, -0.1) is 0 Å². The molecule has 2 fully saturated rings. The second-order valence-corrected chi connectivity index (χ2v) is 8.58. The summed E-state index contributed by atoms with van der Waals surface area (Å²) in [6, 6.07) is 9.41. The summed E-state index contributed by atoms with van der Waals surface area (Å²) < 4.78 is 2.23. The van der Waals surface area contributed by atoms with E-state index in [1.165, 1.54) is 37.5 Å². The summed E-state index contributed by atoms with van der Waals surface area (Å²) in [5, 5.41) is 25.5. The maximum Gasteiger partial charge on any atom is 0.306 e. The second-order valence-electron chi connectivity index (χ2n) is 8.58. The van der Waals surface area contributed by atoms with Crippen molar-refractivity contribution in [2.24, 2.45) is 5.92 Å². The van der Waals surface area contributed by atoms with Gasteiger partial charge in [0, 0.05) is 5.39 Å². The number of nitrogens with zero attached hydrogens (tertiary/aromatic N) is 3. The summed E-state index contributed by atoms with van der Waals surface area (Å²) in [4.78, 5) is 11.3. The molecule has 28 heavy (non-hydrogen) atoms. The summed E-state index contributed by atoms with van der Waals surface area (Å²) in [6.07, 6.45) is 9.45. The van der Waals surface area contributed by atoms with Crippen molar-refractivity contribution in [3.8, 4) is 6.07 Å². The van der Waals surface area contributed by atoms with Gasteiger partial charge in [0.25, 0.3) is 0 Å². The topological polar surface area (TPSA) is 78.9 Å². The van der Waals surface area contributed by atoms with Gasteiger partial charge in [-0.05, 0) is 56.6 Å². The summed E-state index contributed by atoms with van der Waals surface area (Å²) in [7, 11) is 0. The number of aliphatic carboxylic acids is 1. The van der Waals surface area contributed by atoms with Crippen molar-refractivity contribution < 1.29 is 9.90 Å². The fraction of sp³-hybridized carbons (Fsp3) is 0.609. The van der Waals surface area contributed by atoms with E-state index in [0.29, 0.717) is 31.7 Å². The van der Waals surface area contributed by atoms with E-state index < -0.39 is 11.4 Å². The van der Waals surface area contributed by atoms with E-state index in [1.807, 2.05) is 0 Å². The van der Waals surface area contributed by atoms with Gasteiger partial charge in [-0.25, -0.2) is 0 Å². The molecule has 0 atom stereocenters. The molecule has 5 nitrogen and oxygen atoms in total. The molecule has 0 unspecified atom stereocenters. The van der Waals surface area contributed by atoms with Crippen molar-refractivity contribution in [3.05, 3.63) is 29.5 Å². The number of carbonyl (C=O) groups is 1. The fourth-order valence-corrected chi connectivity index (χ4v) is 5.19. The lowest BCUT2D eigenvalue weighted by molar-refractivity contribution is -0.143. The number of carboxylic acid groups (broad SMARTS) is 1. The van der Waals surface area contributed by atoms with E-state index >= 15 is 0 Å². The largest absolute Gasteiger partial charge is 0.481 e. The van der Waals surface area contributed by atoms with Crippen LogP contribution < -0.4 is 0 Å². The monoisotopic (exact) mass is 379 g/mol. The predicted octanol–water partition coefficient (Wildman–Crippen LogP) is 5.14. The Morgan fingerprint density at radius 1 is 1.25 bits per heavy atom. The summed E-state index contributed by atoms with van der Waals surface area (Å²) in [5.74, 6) is -1.05. The summed E-state index contributed by atoms with van der Waals surface area (Å²) in [5.41, 5.74) is 2.74. The third-order valence-electron chi connectivity index (χ3n) is 6.99. The minimum Gasteiger partial charge on any atom is -0.481 e. The molecule has 148 valence electrons. The first kappa shape index (κ1) is 19.0. The highest BCUT2D eigenvalue weighted by Gasteiger charge is 2.39. The van der Waals surface area contributed by atoms with E-state index in [-0.39, 0.29) is 5.92 Å². The van der Waals surface area contributed by atoms with Gasteiger partial charge in [-0.2, -0.15) is 10.4 Å². The van der Waals surface area contributed by atoms with Crippen molar-refractivity contribution >= 4 is 16.9 Å². The highest BCUT2D eigenvalue weighted by molar-refractivity contribution is 5.83. The molecule has 2 aromatic rings. The first-order valence-electron chi connectivity index (χ1n) is 10.7. The molecule has 0 amide bonds. The molecule has 4 rings (SSSR count). The molecule has 2 saturated carbocycles. The molecule has 2 aliphatic rings. The number of aryl methyl sites for hydroxylation is 1. The zero-order valence-electron chi connectivity index (χ0n) is 16.7. The van der Waals surface area contributed by atoms with E-state index in [2.05, 4.69) is 35.9 Å². The Balaban J connectivity index is 1.74. The van der Waals surface area contributed by atoms with Crippen LogP contribution in [0.1, 0.15) is 82.0 Å². The van der Waals surface area contributed by atoms with Crippen molar-refractivity contribution in [1.82, 2.24) is 9.78 Å². The van der Waals surface area contributed by atoms with E-state index in [0.717, 1.165) is 23.2 Å². The van der Waals surface area contributed by atoms with Gasteiger partial charge >= 0.3 is 5.97 Å². The van der Waals surface area contributed by atoms with Crippen LogP contribution in [0, 0.1) is 17.2 Å². The Morgan fingerprint density at radius 2 is 1.96 bits per heavy atom.